The molecule has 0 amide bonds. The smallest absolute Gasteiger partial charge is 0.303 e. The molecule has 2 atom stereocenters. The van der Waals surface area contributed by atoms with Crippen LogP contribution in [0.1, 0.15) is 43.6 Å². The second-order valence-electron chi connectivity index (χ2n) is 4.98. The van der Waals surface area contributed by atoms with E-state index in [1.165, 1.54) is 5.56 Å². The monoisotopic (exact) mass is 246 g/mol. The predicted molar refractivity (Wildman–Crippen MR) is 68.4 cm³/mol. The van der Waals surface area contributed by atoms with Crippen molar-refractivity contribution in [3.05, 3.63) is 35.9 Å². The van der Waals surface area contributed by atoms with Gasteiger partial charge in [0.15, 0.2) is 0 Å². The summed E-state index contributed by atoms with van der Waals surface area (Å²) in [7, 11) is 0. The Kier molecular flexibility index (Phi) is 4.13. The number of ketones is 1. The van der Waals surface area contributed by atoms with E-state index in [1.54, 1.807) is 0 Å². The van der Waals surface area contributed by atoms with Gasteiger partial charge in [-0.05, 0) is 30.7 Å². The van der Waals surface area contributed by atoms with E-state index in [2.05, 4.69) is 12.1 Å². The molecule has 1 aliphatic rings. The summed E-state index contributed by atoms with van der Waals surface area (Å²) in [5, 5.41) is 8.70. The normalized spacial score (nSPS) is 23.9. The highest BCUT2D eigenvalue weighted by Crippen LogP contribution is 2.36. The van der Waals surface area contributed by atoms with Crippen LogP contribution >= 0.6 is 0 Å². The zero-order valence-corrected chi connectivity index (χ0v) is 10.3. The van der Waals surface area contributed by atoms with Gasteiger partial charge in [-0.15, -0.1) is 0 Å². The van der Waals surface area contributed by atoms with Gasteiger partial charge >= 0.3 is 5.97 Å². The topological polar surface area (TPSA) is 54.4 Å². The highest BCUT2D eigenvalue weighted by molar-refractivity contribution is 5.82. The van der Waals surface area contributed by atoms with Gasteiger partial charge in [0.25, 0.3) is 0 Å². The summed E-state index contributed by atoms with van der Waals surface area (Å²) in [4.78, 5) is 22.4. The van der Waals surface area contributed by atoms with Crippen LogP contribution in [0.4, 0.5) is 0 Å². The van der Waals surface area contributed by atoms with Gasteiger partial charge in [-0.2, -0.15) is 0 Å². The highest BCUT2D eigenvalue weighted by atomic mass is 16.4. The average molecular weight is 246 g/mol. The summed E-state index contributed by atoms with van der Waals surface area (Å²) in [5.74, 6) is -0.240. The second kappa shape index (κ2) is 5.80. The van der Waals surface area contributed by atoms with Crippen LogP contribution in [0.3, 0.4) is 0 Å². The van der Waals surface area contributed by atoms with E-state index in [-0.39, 0.29) is 18.1 Å². The second-order valence-corrected chi connectivity index (χ2v) is 4.98. The first-order valence-electron chi connectivity index (χ1n) is 6.46. The summed E-state index contributed by atoms with van der Waals surface area (Å²) in [6, 6.07) is 10.2. The molecule has 0 aliphatic heterocycles. The quantitative estimate of drug-likeness (QED) is 0.888. The Labute approximate surface area is 107 Å². The fourth-order valence-electron chi connectivity index (χ4n) is 2.72. The molecular formula is C15H18O3. The van der Waals surface area contributed by atoms with E-state index >= 15 is 0 Å². The molecule has 3 nitrogen and oxygen atoms in total. The molecule has 1 saturated carbocycles. The summed E-state index contributed by atoms with van der Waals surface area (Å²) >= 11 is 0. The lowest BCUT2D eigenvalue weighted by Gasteiger charge is -2.28. The van der Waals surface area contributed by atoms with E-state index in [0.717, 1.165) is 12.8 Å². The van der Waals surface area contributed by atoms with Crippen molar-refractivity contribution in [1.29, 1.82) is 0 Å². The fraction of sp³-hybridized carbons (Fsp3) is 0.467. The lowest BCUT2D eigenvalue weighted by atomic mass is 9.75. The molecule has 1 N–H and O–H groups in total. The first-order valence-corrected chi connectivity index (χ1v) is 6.46. The highest BCUT2D eigenvalue weighted by Gasteiger charge is 2.29. The Morgan fingerprint density at radius 2 is 2.00 bits per heavy atom. The first kappa shape index (κ1) is 12.8. The van der Waals surface area contributed by atoms with Crippen molar-refractivity contribution in [2.75, 3.05) is 0 Å². The van der Waals surface area contributed by atoms with Crippen LogP contribution in [0.2, 0.25) is 0 Å². The summed E-state index contributed by atoms with van der Waals surface area (Å²) in [5.41, 5.74) is 1.27. The van der Waals surface area contributed by atoms with Crippen LogP contribution in [-0.2, 0) is 9.59 Å². The maximum atomic E-state index is 11.8. The largest absolute Gasteiger partial charge is 0.481 e. The lowest BCUT2D eigenvalue weighted by Crippen LogP contribution is -2.24. The number of carboxylic acids is 1. The van der Waals surface area contributed by atoms with Gasteiger partial charge in [0.05, 0.1) is 0 Å². The Morgan fingerprint density at radius 3 is 2.67 bits per heavy atom. The predicted octanol–water partition coefficient (Wildman–Crippen LogP) is 3.00. The standard InChI is InChI=1S/C15H18O3/c16-14-8-6-12(11-4-2-1-3-5-11)10-13(14)7-9-15(17)18/h1-5,12-13H,6-10H2,(H,17,18). The number of carboxylic acid groups (broad SMARTS) is 1. The first-order chi connectivity index (χ1) is 8.66. The minimum absolute atomic E-state index is 0.0694. The summed E-state index contributed by atoms with van der Waals surface area (Å²) in [6.45, 7) is 0. The summed E-state index contributed by atoms with van der Waals surface area (Å²) in [6.07, 6.45) is 2.86. The molecule has 1 aromatic rings. The lowest BCUT2D eigenvalue weighted by molar-refractivity contribution is -0.137. The molecule has 0 radical (unpaired) electrons. The van der Waals surface area contributed by atoms with Crippen LogP contribution in [0.5, 0.6) is 0 Å². The molecule has 3 heteroatoms. The van der Waals surface area contributed by atoms with Crippen LogP contribution in [0.25, 0.3) is 0 Å². The Bertz CT molecular complexity index is 425. The molecule has 1 aromatic carbocycles. The number of carbonyl (C=O) groups excluding carboxylic acids is 1. The number of rotatable bonds is 4. The molecular weight excluding hydrogens is 228 g/mol. The van der Waals surface area contributed by atoms with Gasteiger partial charge in [0.2, 0.25) is 0 Å². The van der Waals surface area contributed by atoms with Gasteiger partial charge in [0, 0.05) is 18.8 Å². The molecule has 1 aliphatic carbocycles. The molecule has 18 heavy (non-hydrogen) atoms. The minimum atomic E-state index is -0.815. The SMILES string of the molecule is O=C(O)CCC1CC(c2ccccc2)CCC1=O. The van der Waals surface area contributed by atoms with E-state index < -0.39 is 5.97 Å². The third kappa shape index (κ3) is 3.19. The minimum Gasteiger partial charge on any atom is -0.481 e. The zero-order chi connectivity index (χ0) is 13.0. The third-order valence-electron chi connectivity index (χ3n) is 3.74. The van der Waals surface area contributed by atoms with E-state index in [4.69, 9.17) is 5.11 Å². The van der Waals surface area contributed by atoms with Crippen LogP contribution < -0.4 is 0 Å². The van der Waals surface area contributed by atoms with E-state index in [1.807, 2.05) is 18.2 Å². The number of hydrogen-bond donors (Lipinski definition) is 1. The van der Waals surface area contributed by atoms with Gasteiger partial charge in [-0.3, -0.25) is 9.59 Å². The third-order valence-corrected chi connectivity index (χ3v) is 3.74. The van der Waals surface area contributed by atoms with Crippen LogP contribution in [0, 0.1) is 5.92 Å². The Hall–Kier alpha value is -1.64. The molecule has 0 bridgehead atoms. The molecule has 0 saturated heterocycles. The maximum Gasteiger partial charge on any atom is 0.303 e. The molecule has 2 unspecified atom stereocenters. The maximum absolute atomic E-state index is 11.8. The number of Topliss-reactive ketones (excluding diaryl/α,β-unsaturated/α-hetero) is 1. The fourth-order valence-corrected chi connectivity index (χ4v) is 2.72. The molecule has 1 fully saturated rings. The van der Waals surface area contributed by atoms with Crippen molar-refractivity contribution in [3.8, 4) is 0 Å². The van der Waals surface area contributed by atoms with Crippen LogP contribution in [0.15, 0.2) is 30.3 Å². The van der Waals surface area contributed by atoms with E-state index in [0.29, 0.717) is 18.8 Å². The number of benzene rings is 1. The van der Waals surface area contributed by atoms with Gasteiger partial charge < -0.3 is 5.11 Å². The molecule has 2 rings (SSSR count). The average Bonchev–Trinajstić information content (AvgIpc) is 2.38. The van der Waals surface area contributed by atoms with Gasteiger partial charge in [-0.25, -0.2) is 0 Å². The van der Waals surface area contributed by atoms with Gasteiger partial charge in [-0.1, -0.05) is 30.3 Å². The Morgan fingerprint density at radius 1 is 1.28 bits per heavy atom. The summed E-state index contributed by atoms with van der Waals surface area (Å²) < 4.78 is 0. The van der Waals surface area contributed by atoms with Crippen molar-refractivity contribution in [1.82, 2.24) is 0 Å². The zero-order valence-electron chi connectivity index (χ0n) is 10.3. The van der Waals surface area contributed by atoms with Gasteiger partial charge in [0.1, 0.15) is 5.78 Å². The van der Waals surface area contributed by atoms with Crippen LogP contribution in [-0.4, -0.2) is 16.9 Å². The van der Waals surface area contributed by atoms with Crippen molar-refractivity contribution in [2.45, 2.75) is 38.0 Å². The van der Waals surface area contributed by atoms with Crippen molar-refractivity contribution >= 4 is 11.8 Å². The molecule has 96 valence electrons. The van der Waals surface area contributed by atoms with Crippen molar-refractivity contribution < 1.29 is 14.7 Å². The number of hydrogen-bond acceptors (Lipinski definition) is 2. The Balaban J connectivity index is 2.00. The molecule has 0 aromatic heterocycles. The van der Waals surface area contributed by atoms with Crippen molar-refractivity contribution in [2.24, 2.45) is 5.92 Å². The molecule has 0 heterocycles. The molecule has 0 spiro atoms. The van der Waals surface area contributed by atoms with Crippen molar-refractivity contribution in [3.63, 3.8) is 0 Å². The number of aliphatic carboxylic acids is 1. The van der Waals surface area contributed by atoms with E-state index in [9.17, 15) is 9.59 Å². The number of carbonyl (C=O) groups is 2.